The molecule has 0 radical (unpaired) electrons. The normalized spacial score (nSPS) is 11.4. The molecule has 0 bridgehead atoms. The maximum atomic E-state index is 5.51. The quantitative estimate of drug-likeness (QED) is 0.223. The lowest BCUT2D eigenvalue weighted by molar-refractivity contribution is 0.0776. The van der Waals surface area contributed by atoms with Gasteiger partial charge in [-0.05, 0) is 33.1 Å². The zero-order valence-corrected chi connectivity index (χ0v) is 16.4. The van der Waals surface area contributed by atoms with Gasteiger partial charge in [0.25, 0.3) is 0 Å². The Morgan fingerprint density at radius 2 is 1.57 bits per heavy atom. The SMILES string of the molecule is CCCCOCCCNC(=NC)NCCCOC(C)C.I. The van der Waals surface area contributed by atoms with E-state index in [2.05, 4.69) is 36.4 Å². The average molecular weight is 415 g/mol. The van der Waals surface area contributed by atoms with Crippen LogP contribution in [0.3, 0.4) is 0 Å². The van der Waals surface area contributed by atoms with Crippen molar-refractivity contribution in [1.29, 1.82) is 0 Å². The summed E-state index contributed by atoms with van der Waals surface area (Å²) in [4.78, 5) is 4.18. The van der Waals surface area contributed by atoms with E-state index in [1.807, 2.05) is 0 Å². The smallest absolute Gasteiger partial charge is 0.190 e. The lowest BCUT2D eigenvalue weighted by atomic mass is 10.4. The van der Waals surface area contributed by atoms with Crippen molar-refractivity contribution in [3.05, 3.63) is 0 Å². The molecule has 0 saturated carbocycles. The third kappa shape index (κ3) is 17.9. The molecule has 0 aromatic heterocycles. The standard InChI is InChI=1S/C15H33N3O2.HI/c1-5-6-11-19-12-7-9-17-15(16-4)18-10-8-13-20-14(2)3;/h14H,5-13H2,1-4H3,(H2,16,17,18);1H. The summed E-state index contributed by atoms with van der Waals surface area (Å²) in [5, 5.41) is 6.55. The van der Waals surface area contributed by atoms with Gasteiger partial charge in [0.15, 0.2) is 5.96 Å². The number of hydrogen-bond acceptors (Lipinski definition) is 3. The molecule has 0 aliphatic rings. The third-order valence-corrected chi connectivity index (χ3v) is 2.69. The van der Waals surface area contributed by atoms with Gasteiger partial charge in [-0.15, -0.1) is 24.0 Å². The summed E-state index contributed by atoms with van der Waals surface area (Å²) in [5.74, 6) is 0.850. The number of aliphatic imine (C=N–C) groups is 1. The number of nitrogens with one attached hydrogen (secondary N) is 2. The molecule has 0 rings (SSSR count). The lowest BCUT2D eigenvalue weighted by Gasteiger charge is -2.12. The van der Waals surface area contributed by atoms with Crippen LogP contribution in [0.4, 0.5) is 0 Å². The number of rotatable bonds is 12. The number of ether oxygens (including phenoxy) is 2. The van der Waals surface area contributed by atoms with Gasteiger partial charge < -0.3 is 20.1 Å². The van der Waals surface area contributed by atoms with Gasteiger partial charge in [-0.1, -0.05) is 13.3 Å². The van der Waals surface area contributed by atoms with Crippen LogP contribution in [0.1, 0.15) is 46.5 Å². The first-order valence-corrected chi connectivity index (χ1v) is 7.84. The van der Waals surface area contributed by atoms with E-state index in [9.17, 15) is 0 Å². The Labute approximate surface area is 147 Å². The van der Waals surface area contributed by atoms with Crippen LogP contribution in [0.2, 0.25) is 0 Å². The molecule has 0 atom stereocenters. The summed E-state index contributed by atoms with van der Waals surface area (Å²) in [6.07, 6.45) is 4.63. The second kappa shape index (κ2) is 18.0. The van der Waals surface area contributed by atoms with Crippen LogP contribution in [0.5, 0.6) is 0 Å². The number of guanidine groups is 1. The van der Waals surface area contributed by atoms with Gasteiger partial charge in [-0.3, -0.25) is 4.99 Å². The molecule has 128 valence electrons. The summed E-state index contributed by atoms with van der Waals surface area (Å²) in [6, 6.07) is 0. The minimum absolute atomic E-state index is 0. The molecular weight excluding hydrogens is 381 g/mol. The molecule has 0 aliphatic carbocycles. The minimum Gasteiger partial charge on any atom is -0.381 e. The number of unbranched alkanes of at least 4 members (excludes halogenated alkanes) is 1. The number of halogens is 1. The highest BCUT2D eigenvalue weighted by Gasteiger charge is 1.97. The molecule has 0 spiro atoms. The fourth-order valence-corrected chi connectivity index (χ4v) is 1.55. The predicted molar refractivity (Wildman–Crippen MR) is 101 cm³/mol. The summed E-state index contributed by atoms with van der Waals surface area (Å²) in [6.45, 7) is 10.5. The van der Waals surface area contributed by atoms with Crippen molar-refractivity contribution in [3.8, 4) is 0 Å². The summed E-state index contributed by atoms with van der Waals surface area (Å²) >= 11 is 0. The first kappa shape index (κ1) is 23.2. The Bertz CT molecular complexity index is 239. The molecule has 0 saturated heterocycles. The number of nitrogens with zero attached hydrogens (tertiary/aromatic N) is 1. The van der Waals surface area contributed by atoms with Gasteiger partial charge in [0, 0.05) is 40.0 Å². The Hall–Kier alpha value is -0.0800. The van der Waals surface area contributed by atoms with Crippen molar-refractivity contribution in [2.75, 3.05) is 40.0 Å². The van der Waals surface area contributed by atoms with Gasteiger partial charge in [-0.2, -0.15) is 0 Å². The van der Waals surface area contributed by atoms with Crippen molar-refractivity contribution in [2.24, 2.45) is 4.99 Å². The van der Waals surface area contributed by atoms with Crippen LogP contribution in [0, 0.1) is 0 Å². The fraction of sp³-hybridized carbons (Fsp3) is 0.933. The zero-order chi connectivity index (χ0) is 15.1. The van der Waals surface area contributed by atoms with Crippen molar-refractivity contribution >= 4 is 29.9 Å². The maximum absolute atomic E-state index is 5.51. The summed E-state index contributed by atoms with van der Waals surface area (Å²) < 4.78 is 11.0. The first-order chi connectivity index (χ1) is 9.70. The van der Waals surface area contributed by atoms with E-state index in [1.54, 1.807) is 7.05 Å². The molecule has 0 unspecified atom stereocenters. The average Bonchev–Trinajstić information content (AvgIpc) is 2.43. The van der Waals surface area contributed by atoms with Crippen molar-refractivity contribution in [3.63, 3.8) is 0 Å². The Balaban J connectivity index is 0. The molecule has 0 heterocycles. The van der Waals surface area contributed by atoms with E-state index in [-0.39, 0.29) is 24.0 Å². The van der Waals surface area contributed by atoms with Crippen molar-refractivity contribution in [1.82, 2.24) is 10.6 Å². The van der Waals surface area contributed by atoms with E-state index in [4.69, 9.17) is 9.47 Å². The van der Waals surface area contributed by atoms with Crippen molar-refractivity contribution in [2.45, 2.75) is 52.6 Å². The van der Waals surface area contributed by atoms with Crippen molar-refractivity contribution < 1.29 is 9.47 Å². The summed E-state index contributed by atoms with van der Waals surface area (Å²) in [7, 11) is 1.79. The molecule has 0 fully saturated rings. The summed E-state index contributed by atoms with van der Waals surface area (Å²) in [5.41, 5.74) is 0. The van der Waals surface area contributed by atoms with E-state index < -0.39 is 0 Å². The molecule has 5 nitrogen and oxygen atoms in total. The topological polar surface area (TPSA) is 54.9 Å². The largest absolute Gasteiger partial charge is 0.381 e. The first-order valence-electron chi connectivity index (χ1n) is 7.84. The molecule has 0 aliphatic heterocycles. The lowest BCUT2D eigenvalue weighted by Crippen LogP contribution is -2.38. The van der Waals surface area contributed by atoms with E-state index in [0.717, 1.165) is 58.1 Å². The van der Waals surface area contributed by atoms with Crippen LogP contribution >= 0.6 is 24.0 Å². The Kier molecular flexibility index (Phi) is 19.8. The molecule has 6 heteroatoms. The van der Waals surface area contributed by atoms with Crippen LogP contribution in [-0.2, 0) is 9.47 Å². The van der Waals surface area contributed by atoms with Gasteiger partial charge in [0.1, 0.15) is 0 Å². The van der Waals surface area contributed by atoms with E-state index >= 15 is 0 Å². The minimum atomic E-state index is 0. The van der Waals surface area contributed by atoms with Crippen LogP contribution in [0.25, 0.3) is 0 Å². The van der Waals surface area contributed by atoms with Crippen LogP contribution in [-0.4, -0.2) is 52.0 Å². The molecular formula is C15H34IN3O2. The fourth-order valence-electron chi connectivity index (χ4n) is 1.55. The molecule has 21 heavy (non-hydrogen) atoms. The van der Waals surface area contributed by atoms with Gasteiger partial charge in [0.2, 0.25) is 0 Å². The predicted octanol–water partition coefficient (Wildman–Crippen LogP) is 2.79. The highest BCUT2D eigenvalue weighted by molar-refractivity contribution is 14.0. The highest BCUT2D eigenvalue weighted by Crippen LogP contribution is 1.90. The van der Waals surface area contributed by atoms with Crippen LogP contribution in [0.15, 0.2) is 4.99 Å². The van der Waals surface area contributed by atoms with E-state index in [0.29, 0.717) is 6.10 Å². The Morgan fingerprint density at radius 3 is 2.10 bits per heavy atom. The Morgan fingerprint density at radius 1 is 1.00 bits per heavy atom. The monoisotopic (exact) mass is 415 g/mol. The second-order valence-corrected chi connectivity index (χ2v) is 5.02. The van der Waals surface area contributed by atoms with E-state index in [1.165, 1.54) is 6.42 Å². The van der Waals surface area contributed by atoms with Gasteiger partial charge >= 0.3 is 0 Å². The van der Waals surface area contributed by atoms with Gasteiger partial charge in [0.05, 0.1) is 6.10 Å². The number of hydrogen-bond donors (Lipinski definition) is 2. The van der Waals surface area contributed by atoms with Gasteiger partial charge in [-0.25, -0.2) is 0 Å². The molecule has 0 aromatic rings. The second-order valence-electron chi connectivity index (χ2n) is 5.02. The maximum Gasteiger partial charge on any atom is 0.190 e. The molecule has 2 N–H and O–H groups in total. The highest BCUT2D eigenvalue weighted by atomic mass is 127. The molecule has 0 aromatic carbocycles. The zero-order valence-electron chi connectivity index (χ0n) is 14.1. The third-order valence-electron chi connectivity index (χ3n) is 2.69. The van der Waals surface area contributed by atoms with Crippen LogP contribution < -0.4 is 10.6 Å². The molecule has 0 amide bonds.